The summed E-state index contributed by atoms with van der Waals surface area (Å²) >= 11 is 0. The number of nitrogens with one attached hydrogen (secondary N) is 4. The van der Waals surface area contributed by atoms with Crippen molar-refractivity contribution in [3.63, 3.8) is 0 Å². The summed E-state index contributed by atoms with van der Waals surface area (Å²) in [5, 5.41) is 13.4. The predicted molar refractivity (Wildman–Crippen MR) is 387 cm³/mol. The van der Waals surface area contributed by atoms with E-state index in [1.807, 2.05) is 128 Å². The van der Waals surface area contributed by atoms with Crippen molar-refractivity contribution < 1.29 is 40.6 Å². The molecule has 528 valence electrons. The highest BCUT2D eigenvalue weighted by atomic mass is 19.1. The molecule has 3 aliphatic heterocycles. The maximum atomic E-state index is 15.1. The van der Waals surface area contributed by atoms with Crippen LogP contribution < -0.4 is 50.2 Å². The summed E-state index contributed by atoms with van der Waals surface area (Å²) in [6.45, 7) is 20.7. The van der Waals surface area contributed by atoms with Crippen LogP contribution in [0, 0.1) is 55.7 Å². The van der Waals surface area contributed by atoms with Gasteiger partial charge in [-0.3, -0.25) is 0 Å². The molecule has 12 aromatic rings. The Bertz CT molecular complexity index is 4960. The smallest absolute Gasteiger partial charge is 0.261 e. The summed E-state index contributed by atoms with van der Waals surface area (Å²) in [5.74, 6) is -5.56. The molecule has 0 unspecified atom stereocenters. The van der Waals surface area contributed by atoms with Gasteiger partial charge in [-0.15, -0.1) is 0 Å². The third-order valence-electron chi connectivity index (χ3n) is 18.9. The number of fused-ring (bicyclic) bond motifs is 3. The van der Waals surface area contributed by atoms with Crippen LogP contribution in [0.25, 0.3) is 32.7 Å². The van der Waals surface area contributed by atoms with Crippen LogP contribution in [-0.2, 0) is 21.1 Å². The van der Waals surface area contributed by atoms with Gasteiger partial charge in [0.1, 0.15) is 19.0 Å². The van der Waals surface area contributed by atoms with Gasteiger partial charge in [0.05, 0.1) is 16.6 Å². The molecule has 0 bridgehead atoms. The summed E-state index contributed by atoms with van der Waals surface area (Å²) < 4.78 is 113. The maximum Gasteiger partial charge on any atom is 0.261 e. The molecular formula is C75H78F6N18O3. The lowest BCUT2D eigenvalue weighted by atomic mass is 10.2. The molecule has 0 radical (unpaired) electrons. The zero-order chi connectivity index (χ0) is 71.3. The maximum absolute atomic E-state index is 15.1. The summed E-state index contributed by atoms with van der Waals surface area (Å²) in [5.41, 5.74) is 10.3. The lowest BCUT2D eigenvalue weighted by Gasteiger charge is -2.35. The Morgan fingerprint density at radius 2 is 0.676 bits per heavy atom. The van der Waals surface area contributed by atoms with E-state index in [9.17, 15) is 4.39 Å². The van der Waals surface area contributed by atoms with E-state index in [4.69, 9.17) is 14.2 Å². The van der Waals surface area contributed by atoms with Crippen molar-refractivity contribution in [2.24, 2.45) is 21.1 Å². The molecule has 27 heteroatoms. The lowest BCUT2D eigenvalue weighted by molar-refractivity contribution is 0.271. The second-order valence-electron chi connectivity index (χ2n) is 25.3. The van der Waals surface area contributed by atoms with E-state index in [1.54, 1.807) is 36.4 Å². The molecule has 6 aromatic carbocycles. The number of anilines is 9. The molecule has 3 aliphatic rings. The number of aromatic nitrogens is 9. The van der Waals surface area contributed by atoms with Crippen LogP contribution in [-0.4, -0.2) is 146 Å². The van der Waals surface area contributed by atoms with Crippen LogP contribution in [0.1, 0.15) is 24.0 Å². The van der Waals surface area contributed by atoms with Gasteiger partial charge < -0.3 is 73.7 Å². The van der Waals surface area contributed by atoms with Crippen molar-refractivity contribution in [1.29, 1.82) is 0 Å². The lowest BCUT2D eigenvalue weighted by Crippen LogP contribution is -2.46. The van der Waals surface area contributed by atoms with E-state index in [0.29, 0.717) is 33.2 Å². The SMILES string of the molecule is CCN1CCN(c2ccc(Nc3ncnc(Oc4ccc5c(cc(C)n5C)c4F)c3F)cc2)CC1.Cc1cc2c(F)c(Oc3ncnc(Nc4ccc(N5CCN(C)CC5)cc4)c3F)ccc2n1C.Cc1cc2c(F)c(Oc3ncnc(Nc4ccc(N5CCNCC5)cc4)c3F)ccc2n1C. The van der Waals surface area contributed by atoms with Crippen molar-refractivity contribution in [2.45, 2.75) is 27.7 Å². The fourth-order valence-corrected chi connectivity index (χ4v) is 12.5. The standard InChI is InChI=1S/C26H28F2N6O.C25H26F2N6O.C24H24F2N6O/c1-4-33-11-13-34(14-12-33)19-7-5-18(6-8-19)31-25-24(28)26(30-16-29-25)35-22-10-9-21-20(23(22)27)15-17(2)32(21)3;1-16-14-19-20(32(16)3)8-9-21(22(19)26)34-25-23(27)24(28-15-29-25)30-17-4-6-18(7-5-17)33-12-10-31(2)11-13-33;1-15-13-18-19(31(15)2)7-8-20(21(18)25)33-24-22(26)23(28-14-29-24)30-16-3-5-17(6-4-16)32-11-9-27-10-12-32/h5-10,15-16H,4,11-14H2,1-3H3,(H,29,30,31);4-9,14-15H,10-13H2,1-3H3,(H,28,29,30);3-8,13-14,27H,9-12H2,1-2H3,(H,28,29,30). The third-order valence-corrected chi connectivity index (χ3v) is 18.9. The second kappa shape index (κ2) is 30.4. The fraction of sp³-hybridized carbons (Fsp3) is 0.280. The van der Waals surface area contributed by atoms with Crippen LogP contribution in [0.4, 0.5) is 77.9 Å². The Hall–Kier alpha value is -11.2. The number of halogens is 6. The number of hydrogen-bond acceptors (Lipinski definition) is 18. The molecule has 0 saturated carbocycles. The number of likely N-dealkylation sites (N-methyl/N-ethyl adjacent to an activating group) is 2. The molecule has 3 saturated heterocycles. The Morgan fingerprint density at radius 1 is 0.373 bits per heavy atom. The summed E-state index contributed by atoms with van der Waals surface area (Å²) in [4.78, 5) is 35.3. The van der Waals surface area contributed by atoms with Crippen LogP contribution in [0.2, 0.25) is 0 Å². The van der Waals surface area contributed by atoms with Crippen LogP contribution >= 0.6 is 0 Å². The van der Waals surface area contributed by atoms with E-state index >= 15 is 22.0 Å². The number of nitrogens with zero attached hydrogens (tertiary/aromatic N) is 14. The topological polar surface area (TPSA) is 184 Å². The summed E-state index contributed by atoms with van der Waals surface area (Å²) in [7, 11) is 7.69. The molecule has 4 N–H and O–H groups in total. The van der Waals surface area contributed by atoms with Gasteiger partial charge in [-0.25, -0.2) is 28.1 Å². The minimum absolute atomic E-state index is 0.0450. The molecule has 3 fully saturated rings. The van der Waals surface area contributed by atoms with E-state index in [2.05, 4.69) is 89.6 Å². The van der Waals surface area contributed by atoms with Gasteiger partial charge in [-0.1, -0.05) is 6.92 Å². The Balaban J connectivity index is 0.000000137. The van der Waals surface area contributed by atoms with Gasteiger partial charge >= 0.3 is 0 Å². The van der Waals surface area contributed by atoms with Gasteiger partial charge in [0.2, 0.25) is 17.5 Å². The summed E-state index contributed by atoms with van der Waals surface area (Å²) in [6, 6.07) is 38.0. The van der Waals surface area contributed by atoms with Gasteiger partial charge in [-0.2, -0.15) is 28.1 Å². The molecule has 0 amide bonds. The molecule has 0 atom stereocenters. The summed E-state index contributed by atoms with van der Waals surface area (Å²) in [6.07, 6.45) is 3.55. The van der Waals surface area contributed by atoms with Crippen LogP contribution in [0.15, 0.2) is 146 Å². The first-order chi connectivity index (χ1) is 49.3. The normalized spacial score (nSPS) is 14.4. The molecule has 0 aliphatic carbocycles. The van der Waals surface area contributed by atoms with Gasteiger partial charge in [-0.05, 0) is 162 Å². The number of piperazine rings is 3. The molecule has 6 aromatic heterocycles. The molecule has 0 spiro atoms. The largest absolute Gasteiger partial charge is 0.433 e. The first-order valence-corrected chi connectivity index (χ1v) is 33.6. The zero-order valence-electron chi connectivity index (χ0n) is 57.8. The minimum atomic E-state index is -0.799. The first-order valence-electron chi connectivity index (χ1n) is 33.6. The number of aryl methyl sites for hydroxylation is 6. The van der Waals surface area contributed by atoms with Gasteiger partial charge in [0.15, 0.2) is 52.2 Å². The quantitative estimate of drug-likeness (QED) is 0.0669. The van der Waals surface area contributed by atoms with Crippen molar-refractivity contribution in [2.75, 3.05) is 123 Å². The van der Waals surface area contributed by atoms with Crippen molar-refractivity contribution in [3.8, 4) is 34.9 Å². The number of hydrogen-bond donors (Lipinski definition) is 4. The highest BCUT2D eigenvalue weighted by molar-refractivity contribution is 5.86. The Morgan fingerprint density at radius 3 is 0.990 bits per heavy atom. The molecule has 102 heavy (non-hydrogen) atoms. The van der Waals surface area contributed by atoms with Gasteiger partial charge in [0.25, 0.3) is 17.6 Å². The highest BCUT2D eigenvalue weighted by Crippen LogP contribution is 2.38. The van der Waals surface area contributed by atoms with E-state index in [0.717, 1.165) is 136 Å². The Kier molecular flexibility index (Phi) is 20.6. The monoisotopic (exact) mass is 1390 g/mol. The third kappa shape index (κ3) is 15.0. The number of benzene rings is 6. The van der Waals surface area contributed by atoms with E-state index in [-0.39, 0.29) is 52.3 Å². The fourth-order valence-electron chi connectivity index (χ4n) is 12.5. The van der Waals surface area contributed by atoms with Crippen molar-refractivity contribution in [1.82, 2.24) is 58.7 Å². The van der Waals surface area contributed by atoms with Crippen LogP contribution in [0.3, 0.4) is 0 Å². The van der Waals surface area contributed by atoms with E-state index < -0.39 is 34.9 Å². The van der Waals surface area contributed by atoms with Crippen molar-refractivity contribution >= 4 is 84.3 Å². The predicted octanol–water partition coefficient (Wildman–Crippen LogP) is 14.6. The average molecular weight is 1390 g/mol. The molecule has 21 nitrogen and oxygen atoms in total. The average Bonchev–Trinajstić information content (AvgIpc) is 1.58. The molecule has 15 rings (SSSR count). The molecule has 9 heterocycles. The molecular weight excluding hydrogens is 1310 g/mol. The Labute approximate surface area is 585 Å². The number of ether oxygens (including phenoxy) is 3. The van der Waals surface area contributed by atoms with Gasteiger partial charge in [0, 0.05) is 167 Å². The minimum Gasteiger partial charge on any atom is -0.433 e. The highest BCUT2D eigenvalue weighted by Gasteiger charge is 2.24. The zero-order valence-corrected chi connectivity index (χ0v) is 57.8. The van der Waals surface area contributed by atoms with E-state index in [1.165, 1.54) is 37.2 Å². The van der Waals surface area contributed by atoms with Crippen LogP contribution in [0.5, 0.6) is 34.9 Å². The van der Waals surface area contributed by atoms with Crippen molar-refractivity contribution in [3.05, 3.63) is 198 Å². The second-order valence-corrected chi connectivity index (χ2v) is 25.3. The first kappa shape index (κ1) is 69.3. The number of rotatable bonds is 16.